The van der Waals surface area contributed by atoms with Crippen LogP contribution in [0, 0.1) is 6.92 Å². The van der Waals surface area contributed by atoms with Crippen molar-refractivity contribution in [3.63, 3.8) is 0 Å². The number of carbonyl (C=O) groups excluding carboxylic acids is 2. The zero-order chi connectivity index (χ0) is 16.7. The van der Waals surface area contributed by atoms with E-state index in [2.05, 4.69) is 5.32 Å². The maximum absolute atomic E-state index is 11.8. The average molecular weight is 311 g/mol. The van der Waals surface area contributed by atoms with Gasteiger partial charge in [0, 0.05) is 6.54 Å². The van der Waals surface area contributed by atoms with Gasteiger partial charge in [-0.3, -0.25) is 4.79 Å². The number of ether oxygens (including phenoxy) is 1. The summed E-state index contributed by atoms with van der Waals surface area (Å²) in [6.07, 6.45) is 0. The fourth-order valence-electron chi connectivity index (χ4n) is 2.12. The summed E-state index contributed by atoms with van der Waals surface area (Å²) in [4.78, 5) is 23.6. The summed E-state index contributed by atoms with van der Waals surface area (Å²) in [6, 6.07) is 17.0. The second kappa shape index (κ2) is 8.13. The molecular formula is C19H21NO3. The molecule has 0 aliphatic rings. The molecule has 120 valence electrons. The molecule has 0 heterocycles. The second-order valence-electron chi connectivity index (χ2n) is 5.56. The predicted molar refractivity (Wildman–Crippen MR) is 89.3 cm³/mol. The van der Waals surface area contributed by atoms with Crippen LogP contribution in [0.4, 0.5) is 0 Å². The molecule has 0 fully saturated rings. The van der Waals surface area contributed by atoms with Crippen molar-refractivity contribution in [2.24, 2.45) is 0 Å². The van der Waals surface area contributed by atoms with Crippen molar-refractivity contribution in [3.05, 3.63) is 71.3 Å². The Kier molecular flexibility index (Phi) is 5.92. The second-order valence-corrected chi connectivity index (χ2v) is 5.56. The lowest BCUT2D eigenvalue weighted by Crippen LogP contribution is -2.31. The van der Waals surface area contributed by atoms with E-state index in [1.807, 2.05) is 56.3 Å². The molecule has 2 aromatic carbocycles. The van der Waals surface area contributed by atoms with Crippen LogP contribution in [-0.2, 0) is 9.53 Å². The van der Waals surface area contributed by atoms with Gasteiger partial charge in [-0.2, -0.15) is 0 Å². The molecule has 1 unspecified atom stereocenters. The number of benzene rings is 2. The third kappa shape index (κ3) is 5.25. The SMILES string of the molecule is Cc1ccc(C(=O)OCC(=O)NCC(C)c2ccccc2)cc1. The summed E-state index contributed by atoms with van der Waals surface area (Å²) < 4.78 is 5.02. The zero-order valence-corrected chi connectivity index (χ0v) is 13.4. The minimum atomic E-state index is -0.490. The van der Waals surface area contributed by atoms with Crippen LogP contribution < -0.4 is 5.32 Å². The van der Waals surface area contributed by atoms with E-state index in [4.69, 9.17) is 4.74 Å². The lowest BCUT2D eigenvalue weighted by Gasteiger charge is -2.13. The van der Waals surface area contributed by atoms with E-state index in [0.717, 1.165) is 11.1 Å². The van der Waals surface area contributed by atoms with Crippen LogP contribution in [0.15, 0.2) is 54.6 Å². The molecular weight excluding hydrogens is 290 g/mol. The van der Waals surface area contributed by atoms with Gasteiger partial charge >= 0.3 is 5.97 Å². The fourth-order valence-corrected chi connectivity index (χ4v) is 2.12. The number of nitrogens with one attached hydrogen (secondary N) is 1. The van der Waals surface area contributed by atoms with Crippen LogP contribution in [-0.4, -0.2) is 25.0 Å². The van der Waals surface area contributed by atoms with Crippen LogP contribution >= 0.6 is 0 Å². The van der Waals surface area contributed by atoms with Gasteiger partial charge < -0.3 is 10.1 Å². The predicted octanol–water partition coefficient (Wildman–Crippen LogP) is 3.07. The van der Waals surface area contributed by atoms with E-state index in [9.17, 15) is 9.59 Å². The van der Waals surface area contributed by atoms with Crippen molar-refractivity contribution in [2.75, 3.05) is 13.2 Å². The lowest BCUT2D eigenvalue weighted by atomic mass is 10.0. The average Bonchev–Trinajstić information content (AvgIpc) is 2.59. The number of hydrogen-bond donors (Lipinski definition) is 1. The van der Waals surface area contributed by atoms with Gasteiger partial charge in [0.15, 0.2) is 6.61 Å². The van der Waals surface area contributed by atoms with Gasteiger partial charge in [-0.15, -0.1) is 0 Å². The molecule has 2 aromatic rings. The highest BCUT2D eigenvalue weighted by atomic mass is 16.5. The Labute approximate surface area is 136 Å². The summed E-state index contributed by atoms with van der Waals surface area (Å²) >= 11 is 0. The lowest BCUT2D eigenvalue weighted by molar-refractivity contribution is -0.124. The van der Waals surface area contributed by atoms with Gasteiger partial charge in [-0.05, 0) is 30.5 Å². The van der Waals surface area contributed by atoms with Crippen molar-refractivity contribution < 1.29 is 14.3 Å². The molecule has 1 amide bonds. The molecule has 0 aliphatic heterocycles. The first-order chi connectivity index (χ1) is 11.1. The molecule has 0 saturated carbocycles. The molecule has 0 saturated heterocycles. The van der Waals surface area contributed by atoms with Crippen LogP contribution in [0.3, 0.4) is 0 Å². The quantitative estimate of drug-likeness (QED) is 0.834. The van der Waals surface area contributed by atoms with E-state index in [1.54, 1.807) is 12.1 Å². The number of carbonyl (C=O) groups is 2. The molecule has 2 rings (SSSR count). The monoisotopic (exact) mass is 311 g/mol. The van der Waals surface area contributed by atoms with Crippen molar-refractivity contribution >= 4 is 11.9 Å². The molecule has 0 aliphatic carbocycles. The first kappa shape index (κ1) is 16.7. The first-order valence-corrected chi connectivity index (χ1v) is 7.61. The largest absolute Gasteiger partial charge is 0.452 e. The normalized spacial score (nSPS) is 11.6. The van der Waals surface area contributed by atoms with Crippen LogP contribution in [0.25, 0.3) is 0 Å². The highest BCUT2D eigenvalue weighted by Crippen LogP contribution is 2.12. The minimum absolute atomic E-state index is 0.202. The highest BCUT2D eigenvalue weighted by Gasteiger charge is 2.11. The van der Waals surface area contributed by atoms with Crippen molar-refractivity contribution in [1.29, 1.82) is 0 Å². The maximum atomic E-state index is 11.8. The fraction of sp³-hybridized carbons (Fsp3) is 0.263. The first-order valence-electron chi connectivity index (χ1n) is 7.61. The Balaban J connectivity index is 1.75. The summed E-state index contributed by atoms with van der Waals surface area (Å²) in [6.45, 7) is 4.21. The summed E-state index contributed by atoms with van der Waals surface area (Å²) in [5.74, 6) is -0.586. The Bertz CT molecular complexity index is 650. The summed E-state index contributed by atoms with van der Waals surface area (Å²) in [5.41, 5.74) is 2.67. The summed E-state index contributed by atoms with van der Waals surface area (Å²) in [7, 11) is 0. The minimum Gasteiger partial charge on any atom is -0.452 e. The van der Waals surface area contributed by atoms with Gasteiger partial charge in [-0.25, -0.2) is 4.79 Å². The smallest absolute Gasteiger partial charge is 0.338 e. The Morgan fingerprint density at radius 1 is 1.04 bits per heavy atom. The molecule has 0 aromatic heterocycles. The van der Waals surface area contributed by atoms with Crippen LogP contribution in [0.5, 0.6) is 0 Å². The molecule has 23 heavy (non-hydrogen) atoms. The topological polar surface area (TPSA) is 55.4 Å². The van der Waals surface area contributed by atoms with Crippen molar-refractivity contribution in [2.45, 2.75) is 19.8 Å². The van der Waals surface area contributed by atoms with E-state index in [-0.39, 0.29) is 18.4 Å². The molecule has 4 nitrogen and oxygen atoms in total. The highest BCUT2D eigenvalue weighted by molar-refractivity contribution is 5.91. The van der Waals surface area contributed by atoms with Gasteiger partial charge in [-0.1, -0.05) is 55.0 Å². The number of rotatable bonds is 6. The molecule has 0 spiro atoms. The number of amides is 1. The maximum Gasteiger partial charge on any atom is 0.338 e. The molecule has 0 radical (unpaired) electrons. The number of esters is 1. The number of aryl methyl sites for hydroxylation is 1. The third-order valence-corrected chi connectivity index (χ3v) is 3.60. The number of hydrogen-bond acceptors (Lipinski definition) is 3. The molecule has 0 bridgehead atoms. The van der Waals surface area contributed by atoms with Crippen LogP contribution in [0.1, 0.15) is 34.3 Å². The summed E-state index contributed by atoms with van der Waals surface area (Å²) in [5, 5.41) is 2.78. The van der Waals surface area contributed by atoms with Crippen molar-refractivity contribution in [3.8, 4) is 0 Å². The molecule has 1 N–H and O–H groups in total. The Morgan fingerprint density at radius 2 is 1.70 bits per heavy atom. The van der Waals surface area contributed by atoms with E-state index in [0.29, 0.717) is 12.1 Å². The zero-order valence-electron chi connectivity index (χ0n) is 13.4. The Hall–Kier alpha value is -2.62. The van der Waals surface area contributed by atoms with Crippen molar-refractivity contribution in [1.82, 2.24) is 5.32 Å². The van der Waals surface area contributed by atoms with Crippen LogP contribution in [0.2, 0.25) is 0 Å². The molecule has 1 atom stereocenters. The molecule has 4 heteroatoms. The van der Waals surface area contributed by atoms with E-state index < -0.39 is 5.97 Å². The standard InChI is InChI=1S/C19H21NO3/c1-14-8-10-17(11-9-14)19(22)23-13-18(21)20-12-15(2)16-6-4-3-5-7-16/h3-11,15H,12-13H2,1-2H3,(H,20,21). The van der Waals surface area contributed by atoms with Gasteiger partial charge in [0.1, 0.15) is 0 Å². The van der Waals surface area contributed by atoms with Gasteiger partial charge in [0.05, 0.1) is 5.56 Å². The van der Waals surface area contributed by atoms with Gasteiger partial charge in [0.2, 0.25) is 0 Å². The van der Waals surface area contributed by atoms with E-state index >= 15 is 0 Å². The van der Waals surface area contributed by atoms with Gasteiger partial charge in [0.25, 0.3) is 5.91 Å². The third-order valence-electron chi connectivity index (χ3n) is 3.60. The Morgan fingerprint density at radius 3 is 2.35 bits per heavy atom. The van der Waals surface area contributed by atoms with E-state index in [1.165, 1.54) is 0 Å².